The highest BCUT2D eigenvalue weighted by molar-refractivity contribution is 5.18. The quantitative estimate of drug-likeness (QED) is 0.584. The predicted octanol–water partition coefficient (Wildman–Crippen LogP) is 4.37. The minimum Gasteiger partial charge on any atom is -0.0654 e. The Morgan fingerprint density at radius 2 is 1.77 bits per heavy atom. The van der Waals surface area contributed by atoms with Crippen molar-refractivity contribution in [2.75, 3.05) is 0 Å². The third-order valence-electron chi connectivity index (χ3n) is 2.61. The Morgan fingerprint density at radius 3 is 2.38 bits per heavy atom. The Balaban J connectivity index is 2.35. The molecular formula is C13H20. The minimum atomic E-state index is 0.729. The van der Waals surface area contributed by atoms with Crippen molar-refractivity contribution >= 4 is 0 Å². The molecule has 1 atom stereocenters. The van der Waals surface area contributed by atoms with E-state index in [4.69, 9.17) is 0 Å². The summed E-state index contributed by atoms with van der Waals surface area (Å²) in [6.07, 6.45) is 5.39. The van der Waals surface area contributed by atoms with Gasteiger partial charge < -0.3 is 0 Å². The van der Waals surface area contributed by atoms with Crippen LogP contribution < -0.4 is 0 Å². The van der Waals surface area contributed by atoms with Gasteiger partial charge in [-0.05, 0) is 17.9 Å². The molecule has 0 aliphatic carbocycles. The molecule has 72 valence electrons. The molecular weight excluding hydrogens is 156 g/mol. The zero-order chi connectivity index (χ0) is 9.52. The van der Waals surface area contributed by atoms with Crippen LogP contribution >= 0.6 is 0 Å². The van der Waals surface area contributed by atoms with Crippen molar-refractivity contribution in [1.29, 1.82) is 0 Å². The summed E-state index contributed by atoms with van der Waals surface area (Å²) in [6.45, 7) is 4.58. The van der Waals surface area contributed by atoms with Gasteiger partial charge in [0.25, 0.3) is 0 Å². The van der Waals surface area contributed by atoms with Gasteiger partial charge in [-0.2, -0.15) is 0 Å². The van der Waals surface area contributed by atoms with Crippen LogP contribution in [0.2, 0.25) is 0 Å². The molecule has 0 radical (unpaired) electrons. The summed E-state index contributed by atoms with van der Waals surface area (Å²) in [5.41, 5.74) is 1.48. The van der Waals surface area contributed by atoms with Crippen LogP contribution in [0, 0.1) is 0 Å². The lowest BCUT2D eigenvalue weighted by molar-refractivity contribution is 0.598. The summed E-state index contributed by atoms with van der Waals surface area (Å²) in [7, 11) is 0. The van der Waals surface area contributed by atoms with Gasteiger partial charge in [0.1, 0.15) is 0 Å². The van der Waals surface area contributed by atoms with Crippen LogP contribution in [0.15, 0.2) is 30.3 Å². The summed E-state index contributed by atoms with van der Waals surface area (Å²) in [4.78, 5) is 0. The standard InChI is InChI=1S/C13H20/c1-3-4-6-9-12(2)13-10-7-5-8-11-13/h5,7-8,10-12H,3-4,6,9H2,1-2H3. The van der Waals surface area contributed by atoms with Crippen LogP contribution in [0.5, 0.6) is 0 Å². The first-order chi connectivity index (χ1) is 6.34. The highest BCUT2D eigenvalue weighted by Gasteiger charge is 2.02. The maximum Gasteiger partial charge on any atom is -0.0190 e. The van der Waals surface area contributed by atoms with Gasteiger partial charge in [0.15, 0.2) is 0 Å². The van der Waals surface area contributed by atoms with Crippen molar-refractivity contribution in [3.8, 4) is 0 Å². The fourth-order valence-corrected chi connectivity index (χ4v) is 1.65. The molecule has 1 unspecified atom stereocenters. The van der Waals surface area contributed by atoms with E-state index in [0.717, 1.165) is 5.92 Å². The summed E-state index contributed by atoms with van der Waals surface area (Å²) in [6, 6.07) is 10.8. The van der Waals surface area contributed by atoms with E-state index in [9.17, 15) is 0 Å². The van der Waals surface area contributed by atoms with Crippen LogP contribution in [-0.4, -0.2) is 0 Å². The lowest BCUT2D eigenvalue weighted by Gasteiger charge is -2.10. The van der Waals surface area contributed by atoms with Crippen molar-refractivity contribution in [3.63, 3.8) is 0 Å². The van der Waals surface area contributed by atoms with Crippen molar-refractivity contribution in [2.24, 2.45) is 0 Å². The van der Waals surface area contributed by atoms with Gasteiger partial charge in [0, 0.05) is 0 Å². The fourth-order valence-electron chi connectivity index (χ4n) is 1.65. The van der Waals surface area contributed by atoms with Gasteiger partial charge in [-0.1, -0.05) is 63.4 Å². The van der Waals surface area contributed by atoms with E-state index >= 15 is 0 Å². The van der Waals surface area contributed by atoms with Crippen molar-refractivity contribution < 1.29 is 0 Å². The van der Waals surface area contributed by atoms with Gasteiger partial charge >= 0.3 is 0 Å². The molecule has 0 saturated heterocycles. The van der Waals surface area contributed by atoms with Gasteiger partial charge in [0.05, 0.1) is 0 Å². The van der Waals surface area contributed by atoms with Gasteiger partial charge in [-0.25, -0.2) is 0 Å². The SMILES string of the molecule is CCCCCC(C)c1ccccc1. The molecule has 13 heavy (non-hydrogen) atoms. The largest absolute Gasteiger partial charge is 0.0654 e. The Morgan fingerprint density at radius 1 is 1.08 bits per heavy atom. The lowest BCUT2D eigenvalue weighted by Crippen LogP contribution is -1.92. The first kappa shape index (κ1) is 10.3. The van der Waals surface area contributed by atoms with E-state index in [1.54, 1.807) is 0 Å². The first-order valence-electron chi connectivity index (χ1n) is 5.39. The number of hydrogen-bond donors (Lipinski definition) is 0. The van der Waals surface area contributed by atoms with Crippen molar-refractivity contribution in [2.45, 2.75) is 45.4 Å². The average molecular weight is 176 g/mol. The molecule has 0 heterocycles. The first-order valence-corrected chi connectivity index (χ1v) is 5.39. The second-order valence-corrected chi connectivity index (χ2v) is 3.81. The molecule has 1 rings (SSSR count). The van der Waals surface area contributed by atoms with Crippen LogP contribution in [-0.2, 0) is 0 Å². The van der Waals surface area contributed by atoms with Crippen LogP contribution in [0.1, 0.15) is 51.0 Å². The van der Waals surface area contributed by atoms with E-state index in [1.165, 1.54) is 31.2 Å². The van der Waals surface area contributed by atoms with E-state index in [2.05, 4.69) is 44.2 Å². The lowest BCUT2D eigenvalue weighted by atomic mass is 9.95. The maximum atomic E-state index is 2.32. The molecule has 0 saturated carbocycles. The second-order valence-electron chi connectivity index (χ2n) is 3.81. The third kappa shape index (κ3) is 3.63. The molecule has 0 nitrogen and oxygen atoms in total. The van der Waals surface area contributed by atoms with Crippen LogP contribution in [0.3, 0.4) is 0 Å². The van der Waals surface area contributed by atoms with E-state index in [0.29, 0.717) is 0 Å². The second kappa shape index (κ2) is 5.80. The molecule has 1 aromatic carbocycles. The fraction of sp³-hybridized carbons (Fsp3) is 0.538. The number of benzene rings is 1. The van der Waals surface area contributed by atoms with Crippen LogP contribution in [0.4, 0.5) is 0 Å². The number of rotatable bonds is 5. The normalized spacial score (nSPS) is 12.8. The highest BCUT2D eigenvalue weighted by Crippen LogP contribution is 2.20. The van der Waals surface area contributed by atoms with E-state index in [1.807, 2.05) is 0 Å². The average Bonchev–Trinajstić information content (AvgIpc) is 2.19. The Hall–Kier alpha value is -0.780. The van der Waals surface area contributed by atoms with Gasteiger partial charge in [-0.3, -0.25) is 0 Å². The summed E-state index contributed by atoms with van der Waals surface area (Å²) >= 11 is 0. The number of hydrogen-bond acceptors (Lipinski definition) is 0. The highest BCUT2D eigenvalue weighted by atomic mass is 14.1. The van der Waals surface area contributed by atoms with E-state index < -0.39 is 0 Å². The zero-order valence-corrected chi connectivity index (χ0v) is 8.79. The Bertz CT molecular complexity index is 213. The van der Waals surface area contributed by atoms with Gasteiger partial charge in [-0.15, -0.1) is 0 Å². The molecule has 0 fully saturated rings. The summed E-state index contributed by atoms with van der Waals surface area (Å²) in [5, 5.41) is 0. The van der Waals surface area contributed by atoms with Crippen molar-refractivity contribution in [1.82, 2.24) is 0 Å². The molecule has 0 amide bonds. The van der Waals surface area contributed by atoms with Crippen LogP contribution in [0.25, 0.3) is 0 Å². The zero-order valence-electron chi connectivity index (χ0n) is 8.79. The smallest absolute Gasteiger partial charge is 0.0190 e. The summed E-state index contributed by atoms with van der Waals surface area (Å²) < 4.78 is 0. The molecule has 0 aliphatic rings. The van der Waals surface area contributed by atoms with E-state index in [-0.39, 0.29) is 0 Å². The van der Waals surface area contributed by atoms with Crippen molar-refractivity contribution in [3.05, 3.63) is 35.9 Å². The predicted molar refractivity (Wildman–Crippen MR) is 59.0 cm³/mol. The topological polar surface area (TPSA) is 0 Å². The molecule has 0 heteroatoms. The molecule has 0 aromatic heterocycles. The third-order valence-corrected chi connectivity index (χ3v) is 2.61. The van der Waals surface area contributed by atoms with Gasteiger partial charge in [0.2, 0.25) is 0 Å². The summed E-state index contributed by atoms with van der Waals surface area (Å²) in [5.74, 6) is 0.729. The molecule has 0 aliphatic heterocycles. The number of unbranched alkanes of at least 4 members (excludes halogenated alkanes) is 2. The minimum absolute atomic E-state index is 0.729. The molecule has 0 spiro atoms. The molecule has 1 aromatic rings. The monoisotopic (exact) mass is 176 g/mol. The maximum absolute atomic E-state index is 2.32. The Kier molecular flexibility index (Phi) is 4.59. The Labute approximate surface area is 82.0 Å². The molecule has 0 bridgehead atoms. The molecule has 0 N–H and O–H groups in total.